The first-order valence-corrected chi connectivity index (χ1v) is 10.3. The summed E-state index contributed by atoms with van der Waals surface area (Å²) in [6.45, 7) is 2.84. The Morgan fingerprint density at radius 1 is 1.00 bits per heavy atom. The second-order valence-electron chi connectivity index (χ2n) is 8.17. The Labute approximate surface area is 183 Å². The molecule has 3 heterocycles. The number of hydrogen-bond acceptors (Lipinski definition) is 5. The van der Waals surface area contributed by atoms with Crippen LogP contribution in [0.5, 0.6) is 11.5 Å². The normalized spacial score (nSPS) is 15.8. The minimum atomic E-state index is -0.719. The number of nitrogens with zero attached hydrogens (tertiary/aromatic N) is 3. The number of rotatable bonds is 2. The first-order chi connectivity index (χ1) is 15.3. The number of aromatic hydroxyl groups is 2. The van der Waals surface area contributed by atoms with E-state index < -0.39 is 11.8 Å². The Bertz CT molecular complexity index is 1490. The quantitative estimate of drug-likeness (QED) is 0.506. The van der Waals surface area contributed by atoms with Crippen LogP contribution in [0.15, 0.2) is 52.1 Å². The highest BCUT2D eigenvalue weighted by atomic mass is 16.5. The van der Waals surface area contributed by atoms with Crippen molar-refractivity contribution in [3.05, 3.63) is 80.1 Å². The zero-order valence-electron chi connectivity index (χ0n) is 18.0. The van der Waals surface area contributed by atoms with E-state index in [0.29, 0.717) is 35.3 Å². The van der Waals surface area contributed by atoms with Gasteiger partial charge in [-0.3, -0.25) is 13.9 Å². The number of phenolic OH excluding ortho intramolecular Hbond substituents is 2. The summed E-state index contributed by atoms with van der Waals surface area (Å²) in [6, 6.07) is 12.2. The molecule has 0 saturated carbocycles. The van der Waals surface area contributed by atoms with Gasteiger partial charge in [-0.05, 0) is 24.6 Å². The lowest BCUT2D eigenvalue weighted by Crippen LogP contribution is -2.37. The molecule has 0 unspecified atom stereocenters. The lowest BCUT2D eigenvalue weighted by molar-refractivity contribution is 0.0464. The molecule has 1 atom stereocenters. The molecule has 5 rings (SSSR count). The largest absolute Gasteiger partial charge is 0.508 e. The highest BCUT2D eigenvalue weighted by Gasteiger charge is 2.34. The van der Waals surface area contributed by atoms with E-state index in [1.807, 2.05) is 35.8 Å². The van der Waals surface area contributed by atoms with E-state index in [-0.39, 0.29) is 17.1 Å². The Morgan fingerprint density at radius 3 is 2.41 bits per heavy atom. The van der Waals surface area contributed by atoms with Gasteiger partial charge in [0.1, 0.15) is 17.6 Å². The van der Waals surface area contributed by atoms with E-state index >= 15 is 0 Å². The van der Waals surface area contributed by atoms with Gasteiger partial charge in [0.25, 0.3) is 5.56 Å². The van der Waals surface area contributed by atoms with Crippen molar-refractivity contribution < 1.29 is 14.9 Å². The lowest BCUT2D eigenvalue weighted by atomic mass is 10.0. The van der Waals surface area contributed by atoms with E-state index in [9.17, 15) is 19.8 Å². The molecule has 1 aliphatic rings. The summed E-state index contributed by atoms with van der Waals surface area (Å²) in [7, 11) is 3.10. The van der Waals surface area contributed by atoms with E-state index in [0.717, 1.165) is 21.4 Å². The van der Waals surface area contributed by atoms with Crippen molar-refractivity contribution in [3.63, 3.8) is 0 Å². The molecule has 8 heteroatoms. The smallest absolute Gasteiger partial charge is 0.331 e. The van der Waals surface area contributed by atoms with Crippen LogP contribution in [-0.2, 0) is 25.4 Å². The van der Waals surface area contributed by atoms with Gasteiger partial charge >= 0.3 is 5.69 Å². The first kappa shape index (κ1) is 20.1. The molecule has 0 spiro atoms. The summed E-state index contributed by atoms with van der Waals surface area (Å²) < 4.78 is 10.6. The van der Waals surface area contributed by atoms with Crippen molar-refractivity contribution in [2.24, 2.45) is 14.1 Å². The highest BCUT2D eigenvalue weighted by molar-refractivity contribution is 5.96. The molecule has 164 valence electrons. The summed E-state index contributed by atoms with van der Waals surface area (Å²) >= 11 is 0. The highest BCUT2D eigenvalue weighted by Crippen LogP contribution is 2.43. The van der Waals surface area contributed by atoms with Crippen LogP contribution in [0, 0.1) is 6.92 Å². The summed E-state index contributed by atoms with van der Waals surface area (Å²) in [5.74, 6) is -0.188. The predicted octanol–water partition coefficient (Wildman–Crippen LogP) is 2.54. The molecule has 2 aromatic heterocycles. The summed E-state index contributed by atoms with van der Waals surface area (Å²) in [5, 5.41) is 20.7. The third-order valence-electron chi connectivity index (χ3n) is 6.17. The minimum Gasteiger partial charge on any atom is -0.508 e. The zero-order chi connectivity index (χ0) is 22.7. The van der Waals surface area contributed by atoms with Gasteiger partial charge in [-0.2, -0.15) is 0 Å². The Hall–Kier alpha value is -3.78. The van der Waals surface area contributed by atoms with Gasteiger partial charge in [0.2, 0.25) is 0 Å². The van der Waals surface area contributed by atoms with Gasteiger partial charge < -0.3 is 19.5 Å². The molecule has 8 nitrogen and oxygen atoms in total. The van der Waals surface area contributed by atoms with Gasteiger partial charge in [0, 0.05) is 32.3 Å². The first-order valence-electron chi connectivity index (χ1n) is 10.3. The van der Waals surface area contributed by atoms with Gasteiger partial charge in [-0.1, -0.05) is 29.8 Å². The number of phenols is 2. The lowest BCUT2D eigenvalue weighted by Gasteiger charge is -2.28. The second-order valence-corrected chi connectivity index (χ2v) is 8.17. The fourth-order valence-corrected chi connectivity index (χ4v) is 4.58. The average Bonchev–Trinajstić information content (AvgIpc) is 3.12. The third-order valence-corrected chi connectivity index (χ3v) is 6.17. The van der Waals surface area contributed by atoms with Crippen LogP contribution < -0.4 is 11.2 Å². The third kappa shape index (κ3) is 2.80. The van der Waals surface area contributed by atoms with Crippen LogP contribution in [0.2, 0.25) is 0 Å². The molecule has 32 heavy (non-hydrogen) atoms. The maximum Gasteiger partial charge on any atom is 0.331 e. The molecule has 0 aliphatic carbocycles. The van der Waals surface area contributed by atoms with Gasteiger partial charge in [-0.25, -0.2) is 4.79 Å². The number of benzene rings is 2. The van der Waals surface area contributed by atoms with Crippen LogP contribution in [0.25, 0.3) is 22.2 Å². The van der Waals surface area contributed by atoms with Crippen LogP contribution in [0.1, 0.15) is 22.9 Å². The average molecular weight is 433 g/mol. The van der Waals surface area contributed by atoms with E-state index in [1.165, 1.54) is 23.7 Å². The van der Waals surface area contributed by atoms with Crippen molar-refractivity contribution in [1.82, 2.24) is 13.7 Å². The second kappa shape index (κ2) is 7.13. The topological polar surface area (TPSA) is 98.6 Å². The molecule has 1 aliphatic heterocycles. The number of ether oxygens (including phenoxy) is 1. The fourth-order valence-electron chi connectivity index (χ4n) is 4.58. The van der Waals surface area contributed by atoms with Crippen molar-refractivity contribution >= 4 is 10.9 Å². The van der Waals surface area contributed by atoms with Gasteiger partial charge in [-0.15, -0.1) is 0 Å². The maximum atomic E-state index is 13.3. The Balaban J connectivity index is 1.94. The van der Waals surface area contributed by atoms with Crippen molar-refractivity contribution in [2.75, 3.05) is 6.61 Å². The van der Waals surface area contributed by atoms with E-state index in [1.54, 1.807) is 13.1 Å². The number of aryl methyl sites for hydroxylation is 2. The summed E-state index contributed by atoms with van der Waals surface area (Å²) in [6.07, 6.45) is -0.719. The van der Waals surface area contributed by atoms with Crippen molar-refractivity contribution in [1.29, 1.82) is 0 Å². The van der Waals surface area contributed by atoms with Crippen LogP contribution in [0.3, 0.4) is 0 Å². The molecular formula is C24H23N3O5. The monoisotopic (exact) mass is 433 g/mol. The van der Waals surface area contributed by atoms with Crippen molar-refractivity contribution in [3.8, 4) is 22.8 Å². The molecule has 2 aromatic carbocycles. The molecule has 0 amide bonds. The zero-order valence-corrected chi connectivity index (χ0v) is 18.0. The standard InChI is InChI=1S/C24H23N3O5/c1-13-4-6-14(7-5-13)19-18-20(25(2)24(31)26(3)23(18)30)21-22(32-11-10-27(19)21)16-9-8-15(28)12-17(16)29/h4-9,12,22,28-29H,10-11H2,1-3H3/t22-/m1/s1. The predicted molar refractivity (Wildman–Crippen MR) is 120 cm³/mol. The number of fused-ring (bicyclic) bond motifs is 3. The maximum absolute atomic E-state index is 13.3. The molecular weight excluding hydrogens is 410 g/mol. The number of aromatic nitrogens is 3. The molecule has 0 bridgehead atoms. The molecule has 0 fully saturated rings. The van der Waals surface area contributed by atoms with E-state index in [4.69, 9.17) is 4.74 Å². The van der Waals surface area contributed by atoms with Crippen LogP contribution >= 0.6 is 0 Å². The Kier molecular flexibility index (Phi) is 4.49. The minimum absolute atomic E-state index is 0.0658. The van der Waals surface area contributed by atoms with Crippen LogP contribution in [0.4, 0.5) is 0 Å². The van der Waals surface area contributed by atoms with E-state index in [2.05, 4.69) is 0 Å². The summed E-state index contributed by atoms with van der Waals surface area (Å²) in [5.41, 5.74) is 3.41. The molecule has 0 radical (unpaired) electrons. The SMILES string of the molecule is Cc1ccc(-c2c3c(=O)n(C)c(=O)n(C)c3c3n2CCO[C@@H]3c2ccc(O)cc2O)cc1. The molecule has 0 saturated heterocycles. The van der Waals surface area contributed by atoms with Gasteiger partial charge in [0.05, 0.1) is 28.9 Å². The van der Waals surface area contributed by atoms with Gasteiger partial charge in [0.15, 0.2) is 0 Å². The molecule has 4 aromatic rings. The van der Waals surface area contributed by atoms with Crippen molar-refractivity contribution in [2.45, 2.75) is 19.6 Å². The number of hydrogen-bond donors (Lipinski definition) is 2. The fraction of sp³-hybridized carbons (Fsp3) is 0.250. The summed E-state index contributed by atoms with van der Waals surface area (Å²) in [4.78, 5) is 26.2. The molecule has 2 N–H and O–H groups in total. The Morgan fingerprint density at radius 2 is 1.72 bits per heavy atom. The van der Waals surface area contributed by atoms with Crippen LogP contribution in [-0.4, -0.2) is 30.5 Å².